The van der Waals surface area contributed by atoms with Crippen LogP contribution in [0.15, 0.2) is 192 Å². The van der Waals surface area contributed by atoms with Gasteiger partial charge in [0.2, 0.25) is 5.79 Å². The maximum Gasteiger partial charge on any atom is 0.336 e. The highest BCUT2D eigenvalue weighted by Gasteiger charge is 2.55. The van der Waals surface area contributed by atoms with Gasteiger partial charge < -0.3 is 82.1 Å². The zero-order chi connectivity index (χ0) is 88.0. The lowest BCUT2D eigenvalue weighted by atomic mass is 9.87. The van der Waals surface area contributed by atoms with Crippen molar-refractivity contribution in [2.45, 2.75) is 116 Å². The van der Waals surface area contributed by atoms with E-state index in [1.165, 1.54) is 21.8 Å². The Bertz CT molecular complexity index is 4810. The van der Waals surface area contributed by atoms with Crippen LogP contribution in [0.2, 0.25) is 19.6 Å². The topological polar surface area (TPSA) is 280 Å². The number of carboxylic acid groups (broad SMARTS) is 1. The molecule has 2 fully saturated rings. The van der Waals surface area contributed by atoms with E-state index in [1.54, 1.807) is 67.8 Å². The van der Waals surface area contributed by atoms with E-state index in [0.29, 0.717) is 127 Å². The van der Waals surface area contributed by atoms with Crippen LogP contribution in [0.25, 0.3) is 0 Å². The van der Waals surface area contributed by atoms with E-state index in [4.69, 9.17) is 73.2 Å². The number of para-hydroxylation sites is 2. The molecule has 0 saturated carbocycles. The standard InChI is InChI=1S/C22H25BrO8.C15H10BrIO3.C15H12BrIO2.C8H8O2.C8H14O2.C7H3BrClIO.C7H4BrIO2.C4H12OSi.C2H6/c1-28-22(21(27)20(26)19(25)18(11-24)31-22)14-3-4-15(23)13(10-14)8-12-2-5-16-17(9-12)30-7-6-29-16;16-12-3-2-10(17)8-11(12)15(18)9-1-4-13-14(7-9)20-6-5-19-13;16-13-3-2-12(17)9-11(13)7-10-1-4-14-15(8-10)19-6-5-18-14;1-2-4-8-7(3-1)9-5-6-10-8;1-3-7-4-6(2)5-8(9)10-7;8-6-2-1-4(10)3-5(6)7(9)11;8-6-2-1-4(9)3-5(6)7(10)11;1-5-6(2,3)4;1-2/h2-5,9-10,18-21,24-27H,6-8,11H2,1H3;1-4,7-8H,5-6H2;1-4,8-9H,5-7H2;1-4H,5-6H2;6-7H,3-5H2,1-2H3;1-3H;1-3H,(H,10,11);1-4H3;1-2H3/t18-,19-,20+,21-,22?;;;;6-,7+;;;;/m1...0..../s1. The Morgan fingerprint density at radius 3 is 1.32 bits per heavy atom. The average Bonchev–Trinajstić information content (AvgIpc) is 0.746. The number of aliphatic hydroxyl groups excluding tert-OH is 4. The van der Waals surface area contributed by atoms with E-state index < -0.39 is 56.3 Å². The van der Waals surface area contributed by atoms with Crippen LogP contribution in [-0.4, -0.2) is 161 Å². The van der Waals surface area contributed by atoms with Gasteiger partial charge in [-0.05, 0) is 347 Å². The van der Waals surface area contributed by atoms with Crippen LogP contribution in [-0.2, 0) is 42.1 Å². The lowest BCUT2D eigenvalue weighted by molar-refractivity contribution is -0.366. The smallest absolute Gasteiger partial charge is 0.336 e. The van der Waals surface area contributed by atoms with Crippen LogP contribution in [0.5, 0.6) is 46.0 Å². The third-order valence-corrected chi connectivity index (χ3v) is 25.7. The minimum absolute atomic E-state index is 0.0226. The Balaban J connectivity index is 0.000000198. The molecule has 6 heterocycles. The number of esters is 1. The summed E-state index contributed by atoms with van der Waals surface area (Å²) in [6.45, 7) is 18.8. The van der Waals surface area contributed by atoms with Gasteiger partial charge in [-0.15, -0.1) is 0 Å². The number of benzene rings is 9. The molecule has 9 aromatic carbocycles. The van der Waals surface area contributed by atoms with Gasteiger partial charge in [0.25, 0.3) is 5.24 Å². The number of aromatic carboxylic acids is 1. The summed E-state index contributed by atoms with van der Waals surface area (Å²) >= 11 is 31.0. The molecule has 0 radical (unpaired) electrons. The van der Waals surface area contributed by atoms with Crippen LogP contribution in [0.4, 0.5) is 0 Å². The van der Waals surface area contributed by atoms with E-state index in [9.17, 15) is 39.6 Å². The first-order valence-electron chi connectivity index (χ1n) is 37.9. The van der Waals surface area contributed by atoms with E-state index in [1.807, 2.05) is 92.7 Å². The normalized spacial score (nSPS) is 18.6. The Morgan fingerprint density at radius 2 is 0.908 bits per heavy atom. The molecule has 0 aliphatic carbocycles. The van der Waals surface area contributed by atoms with Gasteiger partial charge in [0, 0.05) is 79.5 Å². The number of aliphatic hydroxyl groups is 4. The Morgan fingerprint density at radius 1 is 0.517 bits per heavy atom. The number of rotatable bonds is 13. The first-order chi connectivity index (χ1) is 57.2. The fourth-order valence-corrected chi connectivity index (χ4v) is 16.1. The molecular formula is C88H94Br5ClI4O21Si. The second-order valence-electron chi connectivity index (χ2n) is 27.7. The van der Waals surface area contributed by atoms with Crippen LogP contribution in [0.3, 0.4) is 0 Å². The fourth-order valence-electron chi connectivity index (χ4n) is 11.8. The molecule has 21 nitrogen and oxygen atoms in total. The lowest BCUT2D eigenvalue weighted by Crippen LogP contribution is -2.64. The summed E-state index contributed by atoms with van der Waals surface area (Å²) in [5.41, 5.74) is 6.88. The SMILES string of the molecule is Brc1ccc(I)cc1Cc1ccc2c(c1)OCCO2.CC.CC[C@@H]1C[C@H](C)CC(=O)O1.COC1(c2ccc(Br)c(Cc3ccc4c(c3)OCCO4)c2)O[C@H](CO)[C@@H](O)[C@H](O)[C@H]1O.CO[Si](C)(C)C.O=C(Cl)c1cc(I)ccc1Br.O=C(O)c1cc(I)ccc1Br.O=C(c1ccc2c(c1)OCCO2)c1cc(I)ccc1Br.c1ccc2c(c1)OCCO2. The Kier molecular flexibility index (Phi) is 43.6. The second-order valence-corrected chi connectivity index (χ2v) is 41.9. The van der Waals surface area contributed by atoms with Crippen LogP contribution < -0.4 is 37.9 Å². The highest BCUT2D eigenvalue weighted by molar-refractivity contribution is 14.1. The summed E-state index contributed by atoms with van der Waals surface area (Å²) in [5, 5.41) is 48.9. The summed E-state index contributed by atoms with van der Waals surface area (Å²) in [6.07, 6.45) is -1.48. The van der Waals surface area contributed by atoms with Gasteiger partial charge in [0.15, 0.2) is 60.1 Å². The maximum atomic E-state index is 12.6. The summed E-state index contributed by atoms with van der Waals surface area (Å²) in [7, 11) is 1.98. The molecule has 7 atom stereocenters. The molecular weight excluding hydrogens is 2360 g/mol. The third kappa shape index (κ3) is 31.4. The molecule has 15 rings (SSSR count). The van der Waals surface area contributed by atoms with Crippen molar-refractivity contribution in [3.63, 3.8) is 0 Å². The van der Waals surface area contributed by atoms with Crippen molar-refractivity contribution in [1.82, 2.24) is 0 Å². The number of carbonyl (C=O) groups is 4. The maximum absolute atomic E-state index is 12.6. The largest absolute Gasteiger partial charge is 0.486 e. The molecule has 0 spiro atoms. The number of cyclic esters (lactones) is 1. The summed E-state index contributed by atoms with van der Waals surface area (Å²) < 4.78 is 73.7. The van der Waals surface area contributed by atoms with Crippen LogP contribution >= 0.6 is 182 Å². The number of ether oxygens (including phenoxy) is 11. The zero-order valence-corrected chi connectivity index (χ0v) is 85.4. The van der Waals surface area contributed by atoms with Gasteiger partial charge in [-0.3, -0.25) is 14.4 Å². The monoisotopic (exact) mass is 2450 g/mol. The van der Waals surface area contributed by atoms with Gasteiger partial charge in [-0.25, -0.2) is 4.79 Å². The number of ketones is 1. The molecule has 1 unspecified atom stereocenters. The molecule has 0 aromatic heterocycles. The van der Waals surface area contributed by atoms with Crippen LogP contribution in [0.1, 0.15) is 111 Å². The molecule has 9 aromatic rings. The van der Waals surface area contributed by atoms with Crippen molar-refractivity contribution in [3.8, 4) is 46.0 Å². The number of carbonyl (C=O) groups excluding carboxylic acids is 3. The van der Waals surface area contributed by atoms with E-state index in [0.717, 1.165) is 82.0 Å². The molecule has 0 amide bonds. The average molecular weight is 2460 g/mol. The predicted molar refractivity (Wildman–Crippen MR) is 516 cm³/mol. The number of hydrogen-bond donors (Lipinski definition) is 5. The van der Waals surface area contributed by atoms with Crippen LogP contribution in [0, 0.1) is 20.2 Å². The van der Waals surface area contributed by atoms with Gasteiger partial charge in [-0.1, -0.05) is 106 Å². The van der Waals surface area contributed by atoms with Crippen molar-refractivity contribution in [2.75, 3.05) is 73.7 Å². The molecule has 6 aliphatic rings. The third-order valence-electron chi connectivity index (χ3n) is 18.0. The highest BCUT2D eigenvalue weighted by atomic mass is 127. The van der Waals surface area contributed by atoms with Crippen molar-refractivity contribution >= 4 is 213 Å². The number of fused-ring (bicyclic) bond motifs is 4. The van der Waals surface area contributed by atoms with Crippen molar-refractivity contribution < 1.29 is 101 Å². The molecule has 646 valence electrons. The van der Waals surface area contributed by atoms with E-state index in [2.05, 4.69) is 234 Å². The number of methoxy groups -OCH3 is 1. The minimum Gasteiger partial charge on any atom is -0.486 e. The number of carboxylic acids is 1. The molecule has 0 bridgehead atoms. The molecule has 6 aliphatic heterocycles. The Hall–Kier alpha value is -4.79. The molecule has 5 N–H and O–H groups in total. The summed E-state index contributed by atoms with van der Waals surface area (Å²) in [5.74, 6) is 3.93. The predicted octanol–water partition coefficient (Wildman–Crippen LogP) is 21.4. The highest BCUT2D eigenvalue weighted by Crippen LogP contribution is 2.42. The molecule has 2 saturated heterocycles. The minimum atomic E-state index is -1.76. The molecule has 120 heavy (non-hydrogen) atoms. The number of hydrogen-bond acceptors (Lipinski definition) is 20. The zero-order valence-electron chi connectivity index (χ0n) is 67.1. The van der Waals surface area contributed by atoms with E-state index in [-0.39, 0.29) is 17.9 Å². The van der Waals surface area contributed by atoms with Gasteiger partial charge >= 0.3 is 11.9 Å². The lowest BCUT2D eigenvalue weighted by Gasteiger charge is -2.47. The fraction of sp³-hybridized carbons (Fsp3) is 0.341. The Labute approximate surface area is 802 Å². The molecule has 32 heteroatoms. The van der Waals surface area contributed by atoms with Gasteiger partial charge in [0.1, 0.15) is 83.4 Å². The quantitative estimate of drug-likeness (QED) is 0.0236. The summed E-state index contributed by atoms with van der Waals surface area (Å²) in [6, 6.07) is 52.9. The van der Waals surface area contributed by atoms with Crippen molar-refractivity contribution in [2.24, 2.45) is 5.92 Å². The first kappa shape index (κ1) is 102. The van der Waals surface area contributed by atoms with Crippen molar-refractivity contribution in [3.05, 3.63) is 257 Å². The van der Waals surface area contributed by atoms with Gasteiger partial charge in [0.05, 0.1) is 12.2 Å². The second kappa shape index (κ2) is 51.1. The van der Waals surface area contributed by atoms with Crippen molar-refractivity contribution in [1.29, 1.82) is 0 Å². The first-order valence-corrected chi connectivity index (χ1v) is 50.0. The number of halogens is 10. The van der Waals surface area contributed by atoms with Gasteiger partial charge in [-0.2, -0.15) is 0 Å². The van der Waals surface area contributed by atoms with E-state index >= 15 is 0 Å². The summed E-state index contributed by atoms with van der Waals surface area (Å²) in [4.78, 5) is 44.7.